The Balaban J connectivity index is 4.88. The molecule has 0 saturated carbocycles. The van der Waals surface area contributed by atoms with Gasteiger partial charge in [0.2, 0.25) is 5.78 Å². The van der Waals surface area contributed by atoms with Crippen LogP contribution in [0.25, 0.3) is 0 Å². The Labute approximate surface area is 295 Å². The van der Waals surface area contributed by atoms with Gasteiger partial charge in [0.05, 0.1) is 24.2 Å². The maximum Gasteiger partial charge on any atom is 0.335 e. The van der Waals surface area contributed by atoms with Gasteiger partial charge in [-0.1, -0.05) is 53.5 Å². The van der Waals surface area contributed by atoms with E-state index in [1.807, 2.05) is 0 Å². The third-order valence-electron chi connectivity index (χ3n) is 9.26. The molecule has 0 aromatic rings. The number of unbranched alkanes of at least 4 members (excludes halogenated alkanes) is 2. The molecule has 11 nitrogen and oxygen atoms in total. The number of Topliss-reactive ketones (excluding diaryl/α,β-unsaturated/α-hetero) is 2. The van der Waals surface area contributed by atoms with Crippen molar-refractivity contribution < 1.29 is 47.7 Å². The molecule has 0 rings (SSSR count). The summed E-state index contributed by atoms with van der Waals surface area (Å²) in [6.45, 7) is 27.0. The minimum atomic E-state index is -1.12. The molecule has 0 radical (unpaired) electrons. The molecule has 3 unspecified atom stereocenters. The number of carbonyl (C=O) groups is 5. The predicted octanol–water partition coefficient (Wildman–Crippen LogP) is 6.48. The molecule has 284 valence electrons. The minimum absolute atomic E-state index is 0.0246. The Morgan fingerprint density at radius 3 is 1.96 bits per heavy atom. The van der Waals surface area contributed by atoms with E-state index in [4.69, 9.17) is 23.7 Å². The molecule has 0 spiro atoms. The van der Waals surface area contributed by atoms with Gasteiger partial charge in [0, 0.05) is 18.6 Å². The van der Waals surface area contributed by atoms with Crippen LogP contribution >= 0.6 is 0 Å². The van der Waals surface area contributed by atoms with Crippen molar-refractivity contribution in [3.63, 3.8) is 0 Å². The zero-order chi connectivity index (χ0) is 38.2. The van der Waals surface area contributed by atoms with Crippen LogP contribution in [0.15, 0.2) is 12.2 Å². The van der Waals surface area contributed by atoms with Crippen molar-refractivity contribution in [1.29, 1.82) is 0 Å². The number of rotatable bonds is 26. The lowest BCUT2D eigenvalue weighted by atomic mass is 9.72. The van der Waals surface area contributed by atoms with Crippen LogP contribution in [0.1, 0.15) is 135 Å². The van der Waals surface area contributed by atoms with E-state index in [0.29, 0.717) is 25.4 Å². The monoisotopic (exact) mass is 697 g/mol. The van der Waals surface area contributed by atoms with Crippen LogP contribution in [0.3, 0.4) is 0 Å². The van der Waals surface area contributed by atoms with Crippen LogP contribution < -0.4 is 5.32 Å². The Hall–Kier alpha value is -2.63. The van der Waals surface area contributed by atoms with Crippen molar-refractivity contribution in [1.82, 2.24) is 5.32 Å². The molecule has 1 N–H and O–H groups in total. The number of ether oxygens (including phenoxy) is 5. The van der Waals surface area contributed by atoms with Gasteiger partial charge in [0.15, 0.2) is 12.2 Å². The van der Waals surface area contributed by atoms with Crippen molar-refractivity contribution in [3.8, 4) is 0 Å². The molecule has 0 bridgehead atoms. The third kappa shape index (κ3) is 15.9. The van der Waals surface area contributed by atoms with Crippen LogP contribution in [-0.2, 0) is 47.7 Å². The second-order valence-corrected chi connectivity index (χ2v) is 15.0. The summed E-state index contributed by atoms with van der Waals surface area (Å²) >= 11 is 0. The lowest BCUT2D eigenvalue weighted by Gasteiger charge is -2.41. The topological polar surface area (TPSA) is 144 Å². The molecule has 0 aliphatic rings. The fourth-order valence-electron chi connectivity index (χ4n) is 4.82. The normalized spacial score (nSPS) is 14.4. The van der Waals surface area contributed by atoms with Crippen molar-refractivity contribution >= 4 is 29.4 Å². The zero-order valence-electron chi connectivity index (χ0n) is 32.8. The number of carbonyl (C=O) groups excluding carboxylic acids is 5. The van der Waals surface area contributed by atoms with Crippen molar-refractivity contribution in [2.24, 2.45) is 11.3 Å². The second kappa shape index (κ2) is 20.9. The first-order chi connectivity index (χ1) is 22.5. The minimum Gasteiger partial charge on any atom is -0.460 e. The Morgan fingerprint density at radius 1 is 0.796 bits per heavy atom. The Bertz CT molecular complexity index is 1110. The highest BCUT2D eigenvalue weighted by molar-refractivity contribution is 5.92. The van der Waals surface area contributed by atoms with Crippen LogP contribution in [0.4, 0.5) is 0 Å². The molecule has 49 heavy (non-hydrogen) atoms. The lowest BCUT2D eigenvalue weighted by molar-refractivity contribution is -0.187. The van der Waals surface area contributed by atoms with Gasteiger partial charge >= 0.3 is 11.9 Å². The first-order valence-electron chi connectivity index (χ1n) is 17.8. The quantitative estimate of drug-likeness (QED) is 0.0606. The molecule has 0 aliphatic heterocycles. The van der Waals surface area contributed by atoms with Crippen molar-refractivity contribution in [2.75, 3.05) is 26.4 Å². The van der Waals surface area contributed by atoms with E-state index in [2.05, 4.69) is 25.7 Å². The van der Waals surface area contributed by atoms with Gasteiger partial charge in [0.1, 0.15) is 23.6 Å². The largest absolute Gasteiger partial charge is 0.460 e. The smallest absolute Gasteiger partial charge is 0.335 e. The number of amides is 1. The van der Waals surface area contributed by atoms with Gasteiger partial charge in [-0.3, -0.25) is 14.4 Å². The van der Waals surface area contributed by atoms with Crippen LogP contribution in [0.5, 0.6) is 0 Å². The first kappa shape index (κ1) is 46.4. The highest BCUT2D eigenvalue weighted by atomic mass is 16.6. The Morgan fingerprint density at radius 2 is 1.41 bits per heavy atom. The highest BCUT2D eigenvalue weighted by Crippen LogP contribution is 2.37. The molecule has 1 amide bonds. The molecular weight excluding hydrogens is 630 g/mol. The summed E-state index contributed by atoms with van der Waals surface area (Å²) in [5, 5.41) is 2.68. The summed E-state index contributed by atoms with van der Waals surface area (Å²) in [4.78, 5) is 63.4. The van der Waals surface area contributed by atoms with Crippen molar-refractivity contribution in [2.45, 2.75) is 164 Å². The van der Waals surface area contributed by atoms with Gasteiger partial charge in [-0.15, -0.1) is 0 Å². The molecule has 0 aliphatic carbocycles. The lowest BCUT2D eigenvalue weighted by Crippen LogP contribution is -2.50. The second-order valence-electron chi connectivity index (χ2n) is 15.0. The number of hydrogen-bond acceptors (Lipinski definition) is 10. The molecule has 0 saturated heterocycles. The highest BCUT2D eigenvalue weighted by Gasteiger charge is 2.45. The predicted molar refractivity (Wildman–Crippen MR) is 190 cm³/mol. The van der Waals surface area contributed by atoms with Gasteiger partial charge in [-0.05, 0) is 87.5 Å². The van der Waals surface area contributed by atoms with Crippen LogP contribution in [0.2, 0.25) is 0 Å². The maximum atomic E-state index is 13.3. The number of esters is 2. The van der Waals surface area contributed by atoms with Crippen LogP contribution in [-0.4, -0.2) is 84.8 Å². The van der Waals surface area contributed by atoms with Gasteiger partial charge in [-0.25, -0.2) is 9.59 Å². The van der Waals surface area contributed by atoms with E-state index in [-0.39, 0.29) is 49.2 Å². The van der Waals surface area contributed by atoms with E-state index in [1.165, 1.54) is 6.92 Å². The summed E-state index contributed by atoms with van der Waals surface area (Å²) in [6, 6.07) is 0. The average Bonchev–Trinajstić information content (AvgIpc) is 3.01. The fourth-order valence-corrected chi connectivity index (χ4v) is 4.82. The van der Waals surface area contributed by atoms with Crippen molar-refractivity contribution in [3.05, 3.63) is 12.2 Å². The van der Waals surface area contributed by atoms with Gasteiger partial charge < -0.3 is 29.0 Å². The molecule has 0 aromatic heterocycles. The molecular formula is C38H67NO10. The van der Waals surface area contributed by atoms with E-state index in [1.54, 1.807) is 69.2 Å². The summed E-state index contributed by atoms with van der Waals surface area (Å²) in [7, 11) is 0. The molecule has 11 heteroatoms. The van der Waals surface area contributed by atoms with E-state index in [0.717, 1.165) is 25.7 Å². The third-order valence-corrected chi connectivity index (χ3v) is 9.26. The van der Waals surface area contributed by atoms with Gasteiger partial charge in [0.25, 0.3) is 5.91 Å². The zero-order valence-corrected chi connectivity index (χ0v) is 32.8. The van der Waals surface area contributed by atoms with E-state index in [9.17, 15) is 24.0 Å². The molecule has 0 fully saturated rings. The molecule has 3 atom stereocenters. The van der Waals surface area contributed by atoms with Gasteiger partial charge in [-0.2, -0.15) is 0 Å². The fraction of sp³-hybridized carbons (Fsp3) is 0.816. The maximum absolute atomic E-state index is 13.3. The number of ketones is 2. The molecule has 0 aromatic carbocycles. The average molecular weight is 698 g/mol. The summed E-state index contributed by atoms with van der Waals surface area (Å²) in [5.41, 5.74) is -3.95. The summed E-state index contributed by atoms with van der Waals surface area (Å²) < 4.78 is 28.4. The summed E-state index contributed by atoms with van der Waals surface area (Å²) in [6.07, 6.45) is 3.47. The van der Waals surface area contributed by atoms with E-state index >= 15 is 0 Å². The number of nitrogens with one attached hydrogen (secondary N) is 1. The first-order valence-corrected chi connectivity index (χ1v) is 17.8. The van der Waals surface area contributed by atoms with Crippen LogP contribution in [0, 0.1) is 11.3 Å². The SMILES string of the molecule is C=C(C)C(=O)OCCNC(=O)C(C)(C)OCCCCC(=O)C(C)(C)C(C)(C)OC(C)C(=O)OC(C)C(=O)C(C)(C)OCC(CC)CCCC. The standard InChI is InChI=1S/C38H67NO10/c1-15-17-20-29(16-2)25-47-36(9,10)31(41)27(5)48-33(43)28(6)49-38(13,14)35(7,8)30(40)21-18-19-23-46-37(11,12)34(44)39-22-24-45-32(42)26(3)4/h27-29H,3,15-25H2,1-2,4-14H3,(H,39,44). The van der Waals surface area contributed by atoms with E-state index < -0.39 is 46.4 Å². The number of hydrogen-bond donors (Lipinski definition) is 1. The summed E-state index contributed by atoms with van der Waals surface area (Å²) in [5.74, 6) is -1.57. The molecule has 0 heterocycles. The Kier molecular flexibility index (Phi) is 19.8.